The summed E-state index contributed by atoms with van der Waals surface area (Å²) in [6.07, 6.45) is 7.58. The molecule has 35 heavy (non-hydrogen) atoms. The highest BCUT2D eigenvalue weighted by molar-refractivity contribution is 7.18. The van der Waals surface area contributed by atoms with Crippen LogP contribution in [0.5, 0.6) is 11.5 Å². The zero-order valence-corrected chi connectivity index (χ0v) is 21.0. The lowest BCUT2D eigenvalue weighted by Gasteiger charge is -2.55. The van der Waals surface area contributed by atoms with Crippen molar-refractivity contribution in [3.63, 3.8) is 0 Å². The maximum absolute atomic E-state index is 13.6. The molecule has 9 heteroatoms. The van der Waals surface area contributed by atoms with Gasteiger partial charge in [-0.1, -0.05) is 31.6 Å². The van der Waals surface area contributed by atoms with Gasteiger partial charge >= 0.3 is 0 Å². The summed E-state index contributed by atoms with van der Waals surface area (Å²) in [5, 5.41) is 15.6. The molecule has 2 N–H and O–H groups in total. The molecule has 4 aliphatic carbocycles. The summed E-state index contributed by atoms with van der Waals surface area (Å²) in [5.74, 6) is 3.28. The zero-order chi connectivity index (χ0) is 24.2. The molecule has 7 rings (SSSR count). The summed E-state index contributed by atoms with van der Waals surface area (Å²) in [6.45, 7) is 4.27. The van der Waals surface area contributed by atoms with Crippen molar-refractivity contribution in [2.24, 2.45) is 29.1 Å². The molecular formula is C26H32N4O4S. The largest absolute Gasteiger partial charge is 0.454 e. The number of anilines is 1. The third-order valence-electron chi connectivity index (χ3n) is 8.58. The minimum atomic E-state index is -0.599. The average Bonchev–Trinajstić information content (AvgIpc) is 3.50. The van der Waals surface area contributed by atoms with Crippen LogP contribution in [0.25, 0.3) is 10.6 Å². The number of ether oxygens (including phenoxy) is 2. The standard InChI is InChI=1S/C26H32N4O4S/c1-3-14(2)21(27-24(32)26-10-15-6-16(11-26)8-17(7-15)12-26)22(31)28-25-30-29-23(35-25)18-4-5-19-20(9-18)34-13-33-19/h4-5,9,14-17,21H,3,6-8,10-13H2,1-2H3,(H,27,32)(H,28,30,31). The van der Waals surface area contributed by atoms with Crippen LogP contribution < -0.4 is 20.1 Å². The predicted octanol–water partition coefficient (Wildman–Crippen LogP) is 4.62. The molecule has 2 atom stereocenters. The molecule has 0 saturated heterocycles. The van der Waals surface area contributed by atoms with E-state index in [4.69, 9.17) is 9.47 Å². The van der Waals surface area contributed by atoms with E-state index in [1.54, 1.807) is 0 Å². The van der Waals surface area contributed by atoms with Crippen LogP contribution >= 0.6 is 11.3 Å². The van der Waals surface area contributed by atoms with Crippen LogP contribution in [-0.2, 0) is 9.59 Å². The van der Waals surface area contributed by atoms with Crippen LogP contribution in [0.1, 0.15) is 58.8 Å². The number of aromatic nitrogens is 2. The highest BCUT2D eigenvalue weighted by atomic mass is 32.1. The van der Waals surface area contributed by atoms with E-state index in [1.807, 2.05) is 32.0 Å². The Kier molecular flexibility index (Phi) is 5.70. The third kappa shape index (κ3) is 4.17. The summed E-state index contributed by atoms with van der Waals surface area (Å²) in [5.41, 5.74) is 0.566. The summed E-state index contributed by atoms with van der Waals surface area (Å²) < 4.78 is 10.8. The topological polar surface area (TPSA) is 102 Å². The Bertz CT molecular complexity index is 1110. The minimum absolute atomic E-state index is 0.00844. The Morgan fingerprint density at radius 3 is 2.46 bits per heavy atom. The Morgan fingerprint density at radius 1 is 1.09 bits per heavy atom. The fraction of sp³-hybridized carbons (Fsp3) is 0.615. The molecule has 5 aliphatic rings. The fourth-order valence-corrected chi connectivity index (χ4v) is 7.73. The van der Waals surface area contributed by atoms with E-state index in [9.17, 15) is 9.59 Å². The molecule has 0 spiro atoms. The van der Waals surface area contributed by atoms with Crippen LogP contribution in [0.4, 0.5) is 5.13 Å². The maximum Gasteiger partial charge on any atom is 0.249 e. The summed E-state index contributed by atoms with van der Waals surface area (Å²) in [7, 11) is 0. The molecule has 1 aliphatic heterocycles. The van der Waals surface area contributed by atoms with Gasteiger partial charge in [-0.15, -0.1) is 10.2 Å². The predicted molar refractivity (Wildman–Crippen MR) is 132 cm³/mol. The lowest BCUT2D eigenvalue weighted by atomic mass is 9.49. The number of amides is 2. The van der Waals surface area contributed by atoms with Crippen molar-refractivity contribution >= 4 is 28.3 Å². The normalized spacial score (nSPS) is 29.6. The number of hydrogen-bond acceptors (Lipinski definition) is 7. The van der Waals surface area contributed by atoms with E-state index in [0.717, 1.165) is 31.2 Å². The summed E-state index contributed by atoms with van der Waals surface area (Å²) in [6, 6.07) is 5.00. The van der Waals surface area contributed by atoms with Gasteiger partial charge in [0.2, 0.25) is 23.7 Å². The average molecular weight is 497 g/mol. The SMILES string of the molecule is CCC(C)C(NC(=O)C12CC3CC(CC(C3)C1)C2)C(=O)Nc1nnc(-c2ccc3c(c2)OCO3)s1. The van der Waals surface area contributed by atoms with Crippen molar-refractivity contribution in [2.45, 2.75) is 64.8 Å². The number of carbonyl (C=O) groups excluding carboxylic acids is 2. The molecule has 4 bridgehead atoms. The number of rotatable bonds is 7. The molecule has 2 aromatic rings. The van der Waals surface area contributed by atoms with E-state index in [-0.39, 0.29) is 29.9 Å². The first kappa shape index (κ1) is 22.8. The van der Waals surface area contributed by atoms with E-state index < -0.39 is 6.04 Å². The van der Waals surface area contributed by atoms with E-state index in [2.05, 4.69) is 20.8 Å². The first-order valence-corrected chi connectivity index (χ1v) is 13.6. The van der Waals surface area contributed by atoms with Gasteiger partial charge in [-0.25, -0.2) is 0 Å². The quantitative estimate of drug-likeness (QED) is 0.580. The molecule has 2 unspecified atom stereocenters. The number of nitrogens with zero attached hydrogens (tertiary/aromatic N) is 2. The number of hydrogen-bond donors (Lipinski definition) is 2. The molecule has 0 radical (unpaired) electrons. The van der Waals surface area contributed by atoms with Crippen LogP contribution in [0.3, 0.4) is 0 Å². The van der Waals surface area contributed by atoms with Gasteiger partial charge in [-0.05, 0) is 80.4 Å². The highest BCUT2D eigenvalue weighted by Gasteiger charge is 2.55. The van der Waals surface area contributed by atoms with Gasteiger partial charge in [0, 0.05) is 11.0 Å². The molecule has 4 fully saturated rings. The van der Waals surface area contributed by atoms with Gasteiger partial charge in [0.1, 0.15) is 11.0 Å². The van der Waals surface area contributed by atoms with Crippen molar-refractivity contribution in [3.8, 4) is 22.1 Å². The Hall–Kier alpha value is -2.68. The van der Waals surface area contributed by atoms with E-state index in [0.29, 0.717) is 39.4 Å². The zero-order valence-electron chi connectivity index (χ0n) is 20.2. The number of benzene rings is 1. The van der Waals surface area contributed by atoms with Crippen LogP contribution in [0, 0.1) is 29.1 Å². The molecule has 8 nitrogen and oxygen atoms in total. The van der Waals surface area contributed by atoms with Gasteiger partial charge in [0.05, 0.1) is 0 Å². The molecule has 1 aromatic carbocycles. The molecule has 186 valence electrons. The third-order valence-corrected chi connectivity index (χ3v) is 9.46. The monoisotopic (exact) mass is 496 g/mol. The van der Waals surface area contributed by atoms with Gasteiger partial charge in [-0.3, -0.25) is 14.9 Å². The second-order valence-electron chi connectivity index (χ2n) is 11.0. The lowest BCUT2D eigenvalue weighted by Crippen LogP contribution is -2.58. The molecule has 2 amide bonds. The Morgan fingerprint density at radius 2 is 1.77 bits per heavy atom. The summed E-state index contributed by atoms with van der Waals surface area (Å²) >= 11 is 1.30. The number of nitrogens with one attached hydrogen (secondary N) is 2. The first-order valence-electron chi connectivity index (χ1n) is 12.8. The van der Waals surface area contributed by atoms with Crippen molar-refractivity contribution in [3.05, 3.63) is 18.2 Å². The number of fused-ring (bicyclic) bond motifs is 1. The van der Waals surface area contributed by atoms with Crippen LogP contribution in [-0.4, -0.2) is 34.8 Å². The van der Waals surface area contributed by atoms with Crippen molar-refractivity contribution < 1.29 is 19.1 Å². The second-order valence-corrected chi connectivity index (χ2v) is 12.0. The molecule has 2 heterocycles. The maximum atomic E-state index is 13.6. The second kappa shape index (κ2) is 8.76. The molecule has 1 aromatic heterocycles. The Labute approximate surface area is 209 Å². The van der Waals surface area contributed by atoms with Crippen LogP contribution in [0.15, 0.2) is 18.2 Å². The van der Waals surface area contributed by atoms with Gasteiger partial charge in [-0.2, -0.15) is 0 Å². The lowest BCUT2D eigenvalue weighted by molar-refractivity contribution is -0.148. The minimum Gasteiger partial charge on any atom is -0.454 e. The summed E-state index contributed by atoms with van der Waals surface area (Å²) in [4.78, 5) is 27.0. The molecular weight excluding hydrogens is 464 g/mol. The van der Waals surface area contributed by atoms with E-state index in [1.165, 1.54) is 30.6 Å². The van der Waals surface area contributed by atoms with Gasteiger partial charge in [0.15, 0.2) is 11.5 Å². The van der Waals surface area contributed by atoms with Gasteiger partial charge < -0.3 is 14.8 Å². The smallest absolute Gasteiger partial charge is 0.249 e. The van der Waals surface area contributed by atoms with Crippen molar-refractivity contribution in [2.75, 3.05) is 12.1 Å². The van der Waals surface area contributed by atoms with E-state index >= 15 is 0 Å². The number of carbonyl (C=O) groups is 2. The Balaban J connectivity index is 1.16. The van der Waals surface area contributed by atoms with Crippen LogP contribution in [0.2, 0.25) is 0 Å². The van der Waals surface area contributed by atoms with Crippen molar-refractivity contribution in [1.82, 2.24) is 15.5 Å². The van der Waals surface area contributed by atoms with Crippen molar-refractivity contribution in [1.29, 1.82) is 0 Å². The fourth-order valence-electron chi connectivity index (χ4n) is 6.99. The molecule has 4 saturated carbocycles. The highest BCUT2D eigenvalue weighted by Crippen LogP contribution is 2.60. The first-order chi connectivity index (χ1) is 16.9. The van der Waals surface area contributed by atoms with Gasteiger partial charge in [0.25, 0.3) is 0 Å².